The van der Waals surface area contributed by atoms with Gasteiger partial charge in [0, 0.05) is 5.41 Å². The van der Waals surface area contributed by atoms with Crippen molar-refractivity contribution in [1.29, 1.82) is 0 Å². The number of carbonyl (C=O) groups excluding carboxylic acids is 2. The molecule has 25 heavy (non-hydrogen) atoms. The van der Waals surface area contributed by atoms with Crippen molar-refractivity contribution < 1.29 is 38.9 Å². The SMILES string of the molecule is CC(C)(COC(=O)CCC(=O)O)COC(=O)C1CC=CCC1C(=O)O. The summed E-state index contributed by atoms with van der Waals surface area (Å²) in [4.78, 5) is 45.2. The van der Waals surface area contributed by atoms with E-state index in [9.17, 15) is 24.3 Å². The molecule has 1 aliphatic rings. The first-order valence-corrected chi connectivity index (χ1v) is 8.04. The van der Waals surface area contributed by atoms with E-state index in [1.54, 1.807) is 26.0 Å². The number of carboxylic acids is 2. The number of carbonyl (C=O) groups is 4. The highest BCUT2D eigenvalue weighted by Crippen LogP contribution is 2.28. The smallest absolute Gasteiger partial charge is 0.310 e. The van der Waals surface area contributed by atoms with Crippen LogP contribution in [0.2, 0.25) is 0 Å². The van der Waals surface area contributed by atoms with Gasteiger partial charge < -0.3 is 19.7 Å². The Hall–Kier alpha value is -2.38. The number of hydrogen-bond donors (Lipinski definition) is 2. The average molecular weight is 356 g/mol. The van der Waals surface area contributed by atoms with Crippen LogP contribution in [0.15, 0.2) is 12.2 Å². The number of ether oxygens (including phenoxy) is 2. The van der Waals surface area contributed by atoms with Gasteiger partial charge in [-0.1, -0.05) is 26.0 Å². The molecule has 0 aromatic heterocycles. The molecule has 0 spiro atoms. The van der Waals surface area contributed by atoms with E-state index >= 15 is 0 Å². The van der Waals surface area contributed by atoms with Crippen LogP contribution in [0.1, 0.15) is 39.5 Å². The Kier molecular flexibility index (Phi) is 7.60. The van der Waals surface area contributed by atoms with Crippen LogP contribution in [-0.2, 0) is 28.7 Å². The van der Waals surface area contributed by atoms with Crippen LogP contribution in [0, 0.1) is 17.3 Å². The second-order valence-electron chi connectivity index (χ2n) is 6.82. The highest BCUT2D eigenvalue weighted by Gasteiger charge is 2.36. The molecule has 0 radical (unpaired) electrons. The molecule has 0 heterocycles. The van der Waals surface area contributed by atoms with Crippen LogP contribution in [0.4, 0.5) is 0 Å². The first kappa shape index (κ1) is 20.7. The van der Waals surface area contributed by atoms with Gasteiger partial charge in [0.25, 0.3) is 0 Å². The third kappa shape index (κ3) is 7.36. The maximum Gasteiger partial charge on any atom is 0.310 e. The molecule has 0 bridgehead atoms. The first-order chi connectivity index (χ1) is 11.6. The van der Waals surface area contributed by atoms with E-state index in [1.807, 2.05) is 0 Å². The van der Waals surface area contributed by atoms with E-state index < -0.39 is 41.1 Å². The van der Waals surface area contributed by atoms with Crippen LogP contribution in [0.5, 0.6) is 0 Å². The molecule has 0 aromatic rings. The van der Waals surface area contributed by atoms with Gasteiger partial charge in [0.15, 0.2) is 0 Å². The summed E-state index contributed by atoms with van der Waals surface area (Å²) < 4.78 is 10.2. The fourth-order valence-electron chi connectivity index (χ4n) is 2.32. The minimum absolute atomic E-state index is 0.0361. The lowest BCUT2D eigenvalue weighted by Gasteiger charge is -2.27. The molecule has 0 amide bonds. The first-order valence-electron chi connectivity index (χ1n) is 8.04. The number of aliphatic carboxylic acids is 2. The molecular weight excluding hydrogens is 332 g/mol. The molecule has 8 nitrogen and oxygen atoms in total. The van der Waals surface area contributed by atoms with Gasteiger partial charge in [-0.05, 0) is 12.8 Å². The van der Waals surface area contributed by atoms with E-state index in [-0.39, 0.29) is 26.1 Å². The monoisotopic (exact) mass is 356 g/mol. The molecule has 0 fully saturated rings. The number of hydrogen-bond acceptors (Lipinski definition) is 6. The summed E-state index contributed by atoms with van der Waals surface area (Å²) in [5.74, 6) is -4.85. The van der Waals surface area contributed by atoms with Crippen molar-refractivity contribution >= 4 is 23.9 Å². The quantitative estimate of drug-likeness (QED) is 0.471. The molecule has 2 atom stereocenters. The lowest BCUT2D eigenvalue weighted by Crippen LogP contribution is -2.35. The molecule has 0 saturated heterocycles. The topological polar surface area (TPSA) is 127 Å². The summed E-state index contributed by atoms with van der Waals surface area (Å²) in [7, 11) is 0. The highest BCUT2D eigenvalue weighted by molar-refractivity contribution is 5.81. The fourth-order valence-corrected chi connectivity index (χ4v) is 2.32. The predicted molar refractivity (Wildman–Crippen MR) is 85.6 cm³/mol. The van der Waals surface area contributed by atoms with Crippen molar-refractivity contribution in [2.24, 2.45) is 17.3 Å². The minimum Gasteiger partial charge on any atom is -0.481 e. The average Bonchev–Trinajstić information content (AvgIpc) is 2.56. The minimum atomic E-state index is -1.08. The molecule has 1 aliphatic carbocycles. The van der Waals surface area contributed by atoms with Gasteiger partial charge in [-0.15, -0.1) is 0 Å². The summed E-state index contributed by atoms with van der Waals surface area (Å²) in [6.07, 6.45) is 3.59. The lowest BCUT2D eigenvalue weighted by molar-refractivity contribution is -0.162. The second-order valence-corrected chi connectivity index (χ2v) is 6.82. The molecule has 2 unspecified atom stereocenters. The number of rotatable bonds is 9. The third-order valence-corrected chi connectivity index (χ3v) is 3.82. The maximum atomic E-state index is 12.2. The van der Waals surface area contributed by atoms with Gasteiger partial charge in [-0.25, -0.2) is 0 Å². The second kappa shape index (κ2) is 9.19. The van der Waals surface area contributed by atoms with Crippen molar-refractivity contribution in [3.05, 3.63) is 12.2 Å². The fraction of sp³-hybridized carbons (Fsp3) is 0.647. The standard InChI is InChI=1S/C17H24O8/c1-17(2,9-24-14(20)8-7-13(18)19)10-25-16(23)12-6-4-3-5-11(12)15(21)22/h3-4,11-12H,5-10H2,1-2H3,(H,18,19)(H,21,22). The molecule has 0 aromatic carbocycles. The Morgan fingerprint density at radius 2 is 1.52 bits per heavy atom. The van der Waals surface area contributed by atoms with Crippen LogP contribution in [-0.4, -0.2) is 47.3 Å². The van der Waals surface area contributed by atoms with Crippen LogP contribution >= 0.6 is 0 Å². The van der Waals surface area contributed by atoms with Crippen molar-refractivity contribution in [2.45, 2.75) is 39.5 Å². The maximum absolute atomic E-state index is 12.2. The Labute approximate surface area is 145 Å². The predicted octanol–water partition coefficient (Wildman–Crippen LogP) is 1.63. The van der Waals surface area contributed by atoms with E-state index in [1.165, 1.54) is 0 Å². The van der Waals surface area contributed by atoms with Crippen molar-refractivity contribution in [2.75, 3.05) is 13.2 Å². The molecule has 1 rings (SSSR count). The zero-order chi connectivity index (χ0) is 19.0. The Bertz CT molecular complexity index is 549. The van der Waals surface area contributed by atoms with Gasteiger partial charge in [-0.2, -0.15) is 0 Å². The summed E-state index contributed by atoms with van der Waals surface area (Å²) in [5.41, 5.74) is -0.669. The van der Waals surface area contributed by atoms with Gasteiger partial charge in [-0.3, -0.25) is 19.2 Å². The normalized spacial score (nSPS) is 19.9. The van der Waals surface area contributed by atoms with Gasteiger partial charge in [0.05, 0.1) is 37.9 Å². The number of allylic oxidation sites excluding steroid dienone is 2. The van der Waals surface area contributed by atoms with Crippen LogP contribution < -0.4 is 0 Å². The van der Waals surface area contributed by atoms with E-state index in [4.69, 9.17) is 14.6 Å². The van der Waals surface area contributed by atoms with Crippen molar-refractivity contribution in [1.82, 2.24) is 0 Å². The summed E-state index contributed by atoms with van der Waals surface area (Å²) >= 11 is 0. The molecule has 8 heteroatoms. The molecular formula is C17H24O8. The van der Waals surface area contributed by atoms with E-state index in [0.29, 0.717) is 12.8 Å². The largest absolute Gasteiger partial charge is 0.481 e. The van der Waals surface area contributed by atoms with Crippen LogP contribution in [0.25, 0.3) is 0 Å². The zero-order valence-electron chi connectivity index (χ0n) is 14.4. The van der Waals surface area contributed by atoms with Crippen molar-refractivity contribution in [3.8, 4) is 0 Å². The Balaban J connectivity index is 2.45. The summed E-state index contributed by atoms with van der Waals surface area (Å²) in [6.45, 7) is 3.37. The number of esters is 2. The van der Waals surface area contributed by atoms with E-state index in [2.05, 4.69) is 0 Å². The summed E-state index contributed by atoms with van der Waals surface area (Å²) in [6, 6.07) is 0. The Morgan fingerprint density at radius 3 is 2.08 bits per heavy atom. The van der Waals surface area contributed by atoms with Gasteiger partial charge in [0.2, 0.25) is 0 Å². The van der Waals surface area contributed by atoms with E-state index in [0.717, 1.165) is 0 Å². The zero-order valence-corrected chi connectivity index (χ0v) is 14.4. The molecule has 0 saturated carbocycles. The van der Waals surface area contributed by atoms with Crippen molar-refractivity contribution in [3.63, 3.8) is 0 Å². The molecule has 0 aliphatic heterocycles. The Morgan fingerprint density at radius 1 is 0.960 bits per heavy atom. The number of carboxylic acid groups (broad SMARTS) is 2. The van der Waals surface area contributed by atoms with Gasteiger partial charge >= 0.3 is 23.9 Å². The molecule has 140 valence electrons. The third-order valence-electron chi connectivity index (χ3n) is 3.82. The molecule has 2 N–H and O–H groups in total. The highest BCUT2D eigenvalue weighted by atomic mass is 16.5. The van der Waals surface area contributed by atoms with Crippen LogP contribution in [0.3, 0.4) is 0 Å². The lowest BCUT2D eigenvalue weighted by atomic mass is 9.83. The summed E-state index contributed by atoms with van der Waals surface area (Å²) in [5, 5.41) is 17.7. The van der Waals surface area contributed by atoms with Gasteiger partial charge in [0.1, 0.15) is 0 Å².